The first-order valence-corrected chi connectivity index (χ1v) is 10.8. The first-order chi connectivity index (χ1) is 14.4. The number of ether oxygens (including phenoxy) is 2. The standard InChI is InChI=1S/C22H33N3O5/c1-15(2)14-23-10-8-16-20(18(29-3)13-19(26)24(16)12-11-23)21(27)25-9-6-5-7-17(25)22(28)30-4/h13,15,17H,5-12,14H2,1-4H3. The summed E-state index contributed by atoms with van der Waals surface area (Å²) in [5.74, 6) is 0.141. The molecule has 1 atom stereocenters. The number of nitrogens with zero attached hydrogens (tertiary/aromatic N) is 3. The number of methoxy groups -OCH3 is 2. The summed E-state index contributed by atoms with van der Waals surface area (Å²) < 4.78 is 12.1. The quantitative estimate of drug-likeness (QED) is 0.674. The fourth-order valence-corrected chi connectivity index (χ4v) is 4.58. The summed E-state index contributed by atoms with van der Waals surface area (Å²) in [7, 11) is 2.82. The van der Waals surface area contributed by atoms with Crippen molar-refractivity contribution in [3.8, 4) is 5.75 Å². The van der Waals surface area contributed by atoms with Gasteiger partial charge in [0.2, 0.25) is 0 Å². The van der Waals surface area contributed by atoms with Crippen LogP contribution in [-0.2, 0) is 22.5 Å². The lowest BCUT2D eigenvalue weighted by Gasteiger charge is -2.34. The molecule has 3 rings (SSSR count). The second-order valence-electron chi connectivity index (χ2n) is 8.50. The highest BCUT2D eigenvalue weighted by Crippen LogP contribution is 2.28. The second-order valence-corrected chi connectivity index (χ2v) is 8.50. The van der Waals surface area contributed by atoms with Gasteiger partial charge in [0.25, 0.3) is 11.5 Å². The van der Waals surface area contributed by atoms with Crippen LogP contribution in [0.1, 0.15) is 49.2 Å². The van der Waals surface area contributed by atoms with E-state index in [1.807, 2.05) is 0 Å². The smallest absolute Gasteiger partial charge is 0.328 e. The normalized spacial score (nSPS) is 19.9. The molecule has 0 aromatic carbocycles. The van der Waals surface area contributed by atoms with Crippen LogP contribution in [0.2, 0.25) is 0 Å². The first-order valence-electron chi connectivity index (χ1n) is 10.8. The third kappa shape index (κ3) is 4.53. The topological polar surface area (TPSA) is 81.1 Å². The van der Waals surface area contributed by atoms with Gasteiger partial charge in [-0.1, -0.05) is 13.8 Å². The SMILES string of the molecule is COC(=O)C1CCCCN1C(=O)c1c(OC)cc(=O)n2c1CCN(CC(C)C)CC2. The molecule has 1 unspecified atom stereocenters. The van der Waals surface area contributed by atoms with E-state index in [-0.39, 0.29) is 17.2 Å². The molecule has 1 aromatic heterocycles. The van der Waals surface area contributed by atoms with Gasteiger partial charge in [-0.2, -0.15) is 0 Å². The highest BCUT2D eigenvalue weighted by molar-refractivity contribution is 6.00. The van der Waals surface area contributed by atoms with Crippen molar-refractivity contribution in [3.63, 3.8) is 0 Å². The minimum absolute atomic E-state index is 0.159. The van der Waals surface area contributed by atoms with Crippen LogP contribution in [0, 0.1) is 5.92 Å². The third-order valence-electron chi connectivity index (χ3n) is 5.98. The maximum atomic E-state index is 13.7. The van der Waals surface area contributed by atoms with E-state index < -0.39 is 12.0 Å². The summed E-state index contributed by atoms with van der Waals surface area (Å²) in [6.45, 7) is 7.84. The van der Waals surface area contributed by atoms with Crippen LogP contribution in [-0.4, -0.2) is 72.7 Å². The molecule has 2 aliphatic rings. The zero-order valence-corrected chi connectivity index (χ0v) is 18.5. The predicted molar refractivity (Wildman–Crippen MR) is 113 cm³/mol. The molecule has 30 heavy (non-hydrogen) atoms. The van der Waals surface area contributed by atoms with Gasteiger partial charge < -0.3 is 23.8 Å². The Morgan fingerprint density at radius 3 is 2.57 bits per heavy atom. The molecule has 8 heteroatoms. The Bertz CT molecular complexity index is 848. The molecular formula is C22H33N3O5. The van der Waals surface area contributed by atoms with E-state index in [1.54, 1.807) is 9.47 Å². The van der Waals surface area contributed by atoms with Crippen molar-refractivity contribution in [1.82, 2.24) is 14.4 Å². The Balaban J connectivity index is 2.01. The number of likely N-dealkylation sites (tertiary alicyclic amines) is 1. The molecule has 1 amide bonds. The van der Waals surface area contributed by atoms with Crippen molar-refractivity contribution in [3.05, 3.63) is 27.7 Å². The first kappa shape index (κ1) is 22.3. The van der Waals surface area contributed by atoms with Crippen LogP contribution in [0.4, 0.5) is 0 Å². The number of amides is 1. The van der Waals surface area contributed by atoms with Gasteiger partial charge in [0.1, 0.15) is 17.4 Å². The number of carbonyl (C=O) groups is 2. The second kappa shape index (κ2) is 9.64. The van der Waals surface area contributed by atoms with E-state index in [9.17, 15) is 14.4 Å². The van der Waals surface area contributed by atoms with Crippen LogP contribution in [0.15, 0.2) is 10.9 Å². The number of esters is 1. The van der Waals surface area contributed by atoms with Crippen molar-refractivity contribution in [2.45, 2.75) is 52.1 Å². The Labute approximate surface area is 177 Å². The van der Waals surface area contributed by atoms with Gasteiger partial charge in [0.05, 0.1) is 14.2 Å². The summed E-state index contributed by atoms with van der Waals surface area (Å²) in [4.78, 5) is 42.7. The maximum Gasteiger partial charge on any atom is 0.328 e. The Morgan fingerprint density at radius 1 is 1.13 bits per heavy atom. The molecule has 2 aliphatic heterocycles. The Morgan fingerprint density at radius 2 is 1.90 bits per heavy atom. The number of rotatable bonds is 5. The van der Waals surface area contributed by atoms with Gasteiger partial charge >= 0.3 is 5.97 Å². The van der Waals surface area contributed by atoms with Crippen LogP contribution in [0.25, 0.3) is 0 Å². The van der Waals surface area contributed by atoms with E-state index in [0.717, 1.165) is 32.5 Å². The summed E-state index contributed by atoms with van der Waals surface area (Å²) in [5, 5.41) is 0. The lowest BCUT2D eigenvalue weighted by molar-refractivity contribution is -0.147. The number of hydrogen-bond acceptors (Lipinski definition) is 6. The molecule has 8 nitrogen and oxygen atoms in total. The highest BCUT2D eigenvalue weighted by atomic mass is 16.5. The Hall–Kier alpha value is -2.35. The molecule has 1 aromatic rings. The fraction of sp³-hybridized carbons (Fsp3) is 0.682. The van der Waals surface area contributed by atoms with Gasteiger partial charge in [-0.25, -0.2) is 4.79 Å². The minimum atomic E-state index is -0.600. The van der Waals surface area contributed by atoms with Crippen molar-refractivity contribution in [1.29, 1.82) is 0 Å². The summed E-state index contributed by atoms with van der Waals surface area (Å²) >= 11 is 0. The van der Waals surface area contributed by atoms with Gasteiger partial charge in [-0.15, -0.1) is 0 Å². The summed E-state index contributed by atoms with van der Waals surface area (Å²) in [6.07, 6.45) is 2.87. The van der Waals surface area contributed by atoms with E-state index in [1.165, 1.54) is 20.3 Å². The van der Waals surface area contributed by atoms with Gasteiger partial charge in [0.15, 0.2) is 0 Å². The molecule has 1 saturated heterocycles. The van der Waals surface area contributed by atoms with Crippen LogP contribution >= 0.6 is 0 Å². The molecule has 1 fully saturated rings. The lowest BCUT2D eigenvalue weighted by Crippen LogP contribution is -2.49. The zero-order chi connectivity index (χ0) is 21.8. The van der Waals surface area contributed by atoms with Crippen LogP contribution < -0.4 is 10.3 Å². The fourth-order valence-electron chi connectivity index (χ4n) is 4.58. The van der Waals surface area contributed by atoms with Crippen molar-refractivity contribution in [2.24, 2.45) is 5.92 Å². The lowest BCUT2D eigenvalue weighted by atomic mass is 9.99. The number of hydrogen-bond donors (Lipinski definition) is 0. The average molecular weight is 420 g/mol. The van der Waals surface area contributed by atoms with E-state index in [2.05, 4.69) is 18.7 Å². The third-order valence-corrected chi connectivity index (χ3v) is 5.98. The molecule has 0 spiro atoms. The van der Waals surface area contributed by atoms with E-state index in [0.29, 0.717) is 43.1 Å². The van der Waals surface area contributed by atoms with E-state index >= 15 is 0 Å². The van der Waals surface area contributed by atoms with Crippen molar-refractivity contribution in [2.75, 3.05) is 40.4 Å². The molecule has 166 valence electrons. The Kier molecular flexibility index (Phi) is 7.18. The van der Waals surface area contributed by atoms with Crippen LogP contribution in [0.5, 0.6) is 5.75 Å². The molecule has 0 bridgehead atoms. The monoisotopic (exact) mass is 419 g/mol. The van der Waals surface area contributed by atoms with E-state index in [4.69, 9.17) is 9.47 Å². The molecule has 3 heterocycles. The van der Waals surface area contributed by atoms with Gasteiger partial charge in [-0.05, 0) is 25.2 Å². The summed E-state index contributed by atoms with van der Waals surface area (Å²) in [6, 6.07) is 0.795. The molecular weight excluding hydrogens is 386 g/mol. The number of piperidine rings is 1. The van der Waals surface area contributed by atoms with Gasteiger partial charge in [-0.3, -0.25) is 9.59 Å². The molecule has 0 saturated carbocycles. The van der Waals surface area contributed by atoms with Crippen molar-refractivity contribution >= 4 is 11.9 Å². The highest BCUT2D eigenvalue weighted by Gasteiger charge is 2.36. The molecule has 0 N–H and O–H groups in total. The number of carbonyl (C=O) groups excluding carboxylic acids is 2. The average Bonchev–Trinajstić information content (AvgIpc) is 2.95. The number of pyridine rings is 1. The molecule has 0 aliphatic carbocycles. The minimum Gasteiger partial charge on any atom is -0.496 e. The van der Waals surface area contributed by atoms with Gasteiger partial charge in [0, 0.05) is 50.9 Å². The largest absolute Gasteiger partial charge is 0.496 e. The molecule has 0 radical (unpaired) electrons. The zero-order valence-electron chi connectivity index (χ0n) is 18.5. The number of aromatic nitrogens is 1. The number of fused-ring (bicyclic) bond motifs is 1. The summed E-state index contributed by atoms with van der Waals surface area (Å²) in [5.41, 5.74) is 0.942. The van der Waals surface area contributed by atoms with Crippen molar-refractivity contribution < 1.29 is 19.1 Å². The predicted octanol–water partition coefficient (Wildman–Crippen LogP) is 1.54. The van der Waals surface area contributed by atoms with Crippen LogP contribution in [0.3, 0.4) is 0 Å². The maximum absolute atomic E-state index is 13.7.